The molecular formula is C14H16FN3O2S. The van der Waals surface area contributed by atoms with Gasteiger partial charge in [-0.25, -0.2) is 4.39 Å². The van der Waals surface area contributed by atoms with E-state index in [-0.39, 0.29) is 11.7 Å². The van der Waals surface area contributed by atoms with Gasteiger partial charge in [0.1, 0.15) is 10.8 Å². The molecular weight excluding hydrogens is 293 g/mol. The van der Waals surface area contributed by atoms with Crippen LogP contribution in [0.15, 0.2) is 24.3 Å². The third-order valence-electron chi connectivity index (χ3n) is 2.84. The van der Waals surface area contributed by atoms with Crippen LogP contribution in [0.2, 0.25) is 0 Å². The van der Waals surface area contributed by atoms with Gasteiger partial charge in [-0.15, -0.1) is 10.2 Å². The van der Waals surface area contributed by atoms with Crippen LogP contribution in [0, 0.1) is 5.82 Å². The van der Waals surface area contributed by atoms with Crippen molar-refractivity contribution in [3.05, 3.63) is 30.1 Å². The highest BCUT2D eigenvalue weighted by Gasteiger charge is 2.19. The third-order valence-corrected chi connectivity index (χ3v) is 3.83. The molecule has 112 valence electrons. The molecule has 0 N–H and O–H groups in total. The normalized spacial score (nSPS) is 10.6. The highest BCUT2D eigenvalue weighted by atomic mass is 32.1. The quantitative estimate of drug-likeness (QED) is 0.823. The van der Waals surface area contributed by atoms with Gasteiger partial charge in [0.25, 0.3) is 0 Å². The van der Waals surface area contributed by atoms with Crippen molar-refractivity contribution in [3.8, 4) is 10.6 Å². The van der Waals surface area contributed by atoms with Crippen molar-refractivity contribution in [3.63, 3.8) is 0 Å². The Bertz CT molecular complexity index is 618. The summed E-state index contributed by atoms with van der Waals surface area (Å²) in [6.45, 7) is 2.62. The van der Waals surface area contributed by atoms with Crippen molar-refractivity contribution < 1.29 is 13.9 Å². The monoisotopic (exact) mass is 309 g/mol. The van der Waals surface area contributed by atoms with E-state index in [0.29, 0.717) is 35.3 Å². The first kappa shape index (κ1) is 15.5. The van der Waals surface area contributed by atoms with Gasteiger partial charge in [-0.05, 0) is 12.1 Å². The molecule has 1 aromatic heterocycles. The number of nitrogens with zero attached hydrogens (tertiary/aromatic N) is 3. The van der Waals surface area contributed by atoms with E-state index >= 15 is 0 Å². The molecule has 0 saturated carbocycles. The Morgan fingerprint density at radius 3 is 2.90 bits per heavy atom. The predicted molar refractivity (Wildman–Crippen MR) is 79.8 cm³/mol. The van der Waals surface area contributed by atoms with E-state index in [9.17, 15) is 9.18 Å². The fourth-order valence-corrected chi connectivity index (χ4v) is 2.65. The molecule has 1 amide bonds. The van der Waals surface area contributed by atoms with Gasteiger partial charge in [0.15, 0.2) is 0 Å². The standard InChI is InChI=1S/C14H16FN3O2S/c1-3-12(19)18(7-8-20-2)14-17-16-13(21-14)10-5-4-6-11(15)9-10/h4-6,9H,3,7-8H2,1-2H3. The molecule has 0 fully saturated rings. The summed E-state index contributed by atoms with van der Waals surface area (Å²) < 4.78 is 18.3. The molecule has 5 nitrogen and oxygen atoms in total. The molecule has 0 aliphatic rings. The number of aromatic nitrogens is 2. The minimum absolute atomic E-state index is 0.0472. The Labute approximate surface area is 126 Å². The molecule has 0 aliphatic carbocycles. The summed E-state index contributed by atoms with van der Waals surface area (Å²) >= 11 is 1.26. The van der Waals surface area contributed by atoms with Gasteiger partial charge >= 0.3 is 0 Å². The van der Waals surface area contributed by atoms with Crippen molar-refractivity contribution in [2.45, 2.75) is 13.3 Å². The third kappa shape index (κ3) is 3.83. The van der Waals surface area contributed by atoms with Crippen molar-refractivity contribution in [2.24, 2.45) is 0 Å². The fraction of sp³-hybridized carbons (Fsp3) is 0.357. The number of anilines is 1. The molecule has 0 aliphatic heterocycles. The number of ether oxygens (including phenoxy) is 1. The lowest BCUT2D eigenvalue weighted by atomic mass is 10.2. The molecule has 2 aromatic rings. The number of rotatable bonds is 6. The maximum atomic E-state index is 13.2. The second-order valence-electron chi connectivity index (χ2n) is 4.29. The van der Waals surface area contributed by atoms with Crippen molar-refractivity contribution >= 4 is 22.4 Å². The molecule has 0 spiro atoms. The largest absolute Gasteiger partial charge is 0.383 e. The number of carbonyl (C=O) groups excluding carboxylic acids is 1. The average Bonchev–Trinajstić information content (AvgIpc) is 2.97. The lowest BCUT2D eigenvalue weighted by Gasteiger charge is -2.17. The Kier molecular flexibility index (Phi) is 5.35. The first-order valence-electron chi connectivity index (χ1n) is 6.54. The van der Waals surface area contributed by atoms with Gasteiger partial charge in [0, 0.05) is 19.1 Å². The summed E-state index contributed by atoms with van der Waals surface area (Å²) in [5.41, 5.74) is 0.648. The van der Waals surface area contributed by atoms with Crippen LogP contribution in [0.3, 0.4) is 0 Å². The van der Waals surface area contributed by atoms with E-state index in [0.717, 1.165) is 0 Å². The number of benzene rings is 1. The Balaban J connectivity index is 2.25. The van der Waals surface area contributed by atoms with E-state index in [1.165, 1.54) is 23.5 Å². The maximum Gasteiger partial charge on any atom is 0.228 e. The predicted octanol–water partition coefficient (Wildman–Crippen LogP) is 2.73. The smallest absolute Gasteiger partial charge is 0.228 e. The summed E-state index contributed by atoms with van der Waals surface area (Å²) in [7, 11) is 1.58. The minimum Gasteiger partial charge on any atom is -0.383 e. The van der Waals surface area contributed by atoms with E-state index in [1.54, 1.807) is 31.1 Å². The summed E-state index contributed by atoms with van der Waals surface area (Å²) in [6.07, 6.45) is 0.374. The van der Waals surface area contributed by atoms with Gasteiger partial charge < -0.3 is 4.74 Å². The van der Waals surface area contributed by atoms with Crippen LogP contribution in [0.4, 0.5) is 9.52 Å². The number of halogens is 1. The van der Waals surface area contributed by atoms with Crippen LogP contribution in [-0.2, 0) is 9.53 Å². The van der Waals surface area contributed by atoms with E-state index in [2.05, 4.69) is 10.2 Å². The summed E-state index contributed by atoms with van der Waals surface area (Å²) in [4.78, 5) is 13.5. The van der Waals surface area contributed by atoms with Crippen LogP contribution in [0.5, 0.6) is 0 Å². The maximum absolute atomic E-state index is 13.2. The lowest BCUT2D eigenvalue weighted by Crippen LogP contribution is -2.33. The Morgan fingerprint density at radius 1 is 1.43 bits per heavy atom. The summed E-state index contributed by atoms with van der Waals surface area (Å²) in [5, 5.41) is 9.16. The number of amides is 1. The molecule has 0 radical (unpaired) electrons. The van der Waals surface area contributed by atoms with Crippen LogP contribution in [0.25, 0.3) is 10.6 Å². The minimum atomic E-state index is -0.329. The molecule has 0 atom stereocenters. The summed E-state index contributed by atoms with van der Waals surface area (Å²) in [5.74, 6) is -0.376. The van der Waals surface area contributed by atoms with Crippen LogP contribution < -0.4 is 4.90 Å². The second kappa shape index (κ2) is 7.24. The zero-order chi connectivity index (χ0) is 15.2. The highest BCUT2D eigenvalue weighted by Crippen LogP contribution is 2.29. The number of methoxy groups -OCH3 is 1. The van der Waals surface area contributed by atoms with E-state index in [1.807, 2.05) is 0 Å². The van der Waals surface area contributed by atoms with Crippen LogP contribution in [-0.4, -0.2) is 36.4 Å². The molecule has 7 heteroatoms. The SMILES string of the molecule is CCC(=O)N(CCOC)c1nnc(-c2cccc(F)c2)s1. The molecule has 1 heterocycles. The number of hydrogen-bond donors (Lipinski definition) is 0. The fourth-order valence-electron chi connectivity index (χ4n) is 1.76. The number of carbonyl (C=O) groups is 1. The molecule has 0 bridgehead atoms. The zero-order valence-electron chi connectivity index (χ0n) is 11.9. The summed E-state index contributed by atoms with van der Waals surface area (Å²) in [6, 6.07) is 6.14. The Morgan fingerprint density at radius 2 is 2.24 bits per heavy atom. The van der Waals surface area contributed by atoms with Gasteiger partial charge in [-0.1, -0.05) is 30.4 Å². The first-order valence-corrected chi connectivity index (χ1v) is 7.36. The second-order valence-corrected chi connectivity index (χ2v) is 5.25. The zero-order valence-corrected chi connectivity index (χ0v) is 12.7. The van der Waals surface area contributed by atoms with E-state index in [4.69, 9.17) is 4.74 Å². The van der Waals surface area contributed by atoms with Crippen molar-refractivity contribution in [1.29, 1.82) is 0 Å². The van der Waals surface area contributed by atoms with Gasteiger partial charge in [-0.3, -0.25) is 9.69 Å². The molecule has 0 saturated heterocycles. The Hall–Kier alpha value is -1.86. The van der Waals surface area contributed by atoms with Crippen molar-refractivity contribution in [1.82, 2.24) is 10.2 Å². The average molecular weight is 309 g/mol. The van der Waals surface area contributed by atoms with Gasteiger partial charge in [0.2, 0.25) is 11.0 Å². The highest BCUT2D eigenvalue weighted by molar-refractivity contribution is 7.18. The first-order chi connectivity index (χ1) is 10.2. The van der Waals surface area contributed by atoms with E-state index < -0.39 is 0 Å². The topological polar surface area (TPSA) is 55.3 Å². The molecule has 2 rings (SSSR count). The lowest BCUT2D eigenvalue weighted by molar-refractivity contribution is -0.118. The van der Waals surface area contributed by atoms with Crippen LogP contribution >= 0.6 is 11.3 Å². The van der Waals surface area contributed by atoms with Crippen molar-refractivity contribution in [2.75, 3.05) is 25.2 Å². The van der Waals surface area contributed by atoms with Gasteiger partial charge in [0.05, 0.1) is 13.2 Å². The van der Waals surface area contributed by atoms with Crippen LogP contribution in [0.1, 0.15) is 13.3 Å². The molecule has 21 heavy (non-hydrogen) atoms. The molecule has 0 unspecified atom stereocenters. The number of hydrogen-bond acceptors (Lipinski definition) is 5. The van der Waals surface area contributed by atoms with Gasteiger partial charge in [-0.2, -0.15) is 0 Å². The molecule has 1 aromatic carbocycles.